The Kier molecular flexibility index (Phi) is 6.99. The van der Waals surface area contributed by atoms with Gasteiger partial charge in [-0.2, -0.15) is 0 Å². The fourth-order valence-corrected chi connectivity index (χ4v) is 3.65. The summed E-state index contributed by atoms with van der Waals surface area (Å²) < 4.78 is 11.9. The van der Waals surface area contributed by atoms with Gasteiger partial charge in [-0.25, -0.2) is 0 Å². The number of allylic oxidation sites excluding steroid dienone is 4. The number of rotatable bonds is 7. The lowest BCUT2D eigenvalue weighted by atomic mass is 9.93. The van der Waals surface area contributed by atoms with Gasteiger partial charge < -0.3 is 14.6 Å². The number of methoxy groups -OCH3 is 1. The summed E-state index contributed by atoms with van der Waals surface area (Å²) >= 11 is 0. The van der Waals surface area contributed by atoms with E-state index in [0.29, 0.717) is 17.7 Å². The molecule has 0 bridgehead atoms. The number of hydrogen-bond donors (Lipinski definition) is 1. The Bertz CT molecular complexity index is 963. The zero-order chi connectivity index (χ0) is 21.7. The third-order valence-corrected chi connectivity index (χ3v) is 5.38. The van der Waals surface area contributed by atoms with Gasteiger partial charge in [0.05, 0.1) is 19.1 Å². The van der Waals surface area contributed by atoms with Crippen LogP contribution in [0, 0.1) is 0 Å². The number of carbonyl (C=O) groups is 1. The van der Waals surface area contributed by atoms with Gasteiger partial charge in [-0.3, -0.25) is 4.79 Å². The molecule has 3 rings (SSSR count). The average Bonchev–Trinajstić information content (AvgIpc) is 2.72. The van der Waals surface area contributed by atoms with E-state index in [2.05, 4.69) is 32.9 Å². The van der Waals surface area contributed by atoms with Crippen LogP contribution in [0.1, 0.15) is 67.6 Å². The van der Waals surface area contributed by atoms with E-state index in [9.17, 15) is 9.90 Å². The molecule has 0 spiro atoms. The van der Waals surface area contributed by atoms with E-state index in [4.69, 9.17) is 9.47 Å². The standard InChI is InChI=1S/C26H30O4/c1-17(2)6-5-7-18(3)8-13-22-24(29-4)15-14-21-23(28)16-25(30-26(21)22)19-9-11-20(27)12-10-19/h6,8-12,14-15,25,27H,5,7,13,16H2,1-4H3. The molecule has 0 saturated carbocycles. The van der Waals surface area contributed by atoms with Crippen LogP contribution in [0.5, 0.6) is 17.2 Å². The van der Waals surface area contributed by atoms with Gasteiger partial charge in [0.25, 0.3) is 0 Å². The zero-order valence-electron chi connectivity index (χ0n) is 18.2. The summed E-state index contributed by atoms with van der Waals surface area (Å²) in [5.74, 6) is 1.58. The maximum atomic E-state index is 12.8. The van der Waals surface area contributed by atoms with Crippen LogP contribution in [0.2, 0.25) is 0 Å². The summed E-state index contributed by atoms with van der Waals surface area (Å²) in [5.41, 5.74) is 5.00. The van der Waals surface area contributed by atoms with Gasteiger partial charge in [0.1, 0.15) is 23.4 Å². The SMILES string of the molecule is COc1ccc2c(c1CC=C(C)CCC=C(C)C)OC(c1ccc(O)cc1)CC2=O. The van der Waals surface area contributed by atoms with Crippen LogP contribution in [0.15, 0.2) is 59.7 Å². The van der Waals surface area contributed by atoms with Crippen molar-refractivity contribution in [3.05, 3.63) is 76.4 Å². The molecular formula is C26H30O4. The molecule has 0 aliphatic carbocycles. The third kappa shape index (κ3) is 5.12. The average molecular weight is 407 g/mol. The Morgan fingerprint density at radius 1 is 1.13 bits per heavy atom. The second-order valence-corrected chi connectivity index (χ2v) is 8.02. The molecule has 1 heterocycles. The summed E-state index contributed by atoms with van der Waals surface area (Å²) in [6.07, 6.45) is 7.00. The van der Waals surface area contributed by atoms with Gasteiger partial charge in [-0.15, -0.1) is 0 Å². The van der Waals surface area contributed by atoms with Crippen molar-refractivity contribution in [3.63, 3.8) is 0 Å². The Balaban J connectivity index is 1.89. The van der Waals surface area contributed by atoms with Crippen molar-refractivity contribution in [1.29, 1.82) is 0 Å². The summed E-state index contributed by atoms with van der Waals surface area (Å²) in [7, 11) is 1.64. The quantitative estimate of drug-likeness (QED) is 0.545. The Morgan fingerprint density at radius 2 is 1.87 bits per heavy atom. The molecule has 4 heteroatoms. The minimum atomic E-state index is -0.376. The first-order chi connectivity index (χ1) is 14.4. The molecule has 1 atom stereocenters. The molecule has 0 fully saturated rings. The summed E-state index contributed by atoms with van der Waals surface area (Å²) in [5, 5.41) is 9.56. The van der Waals surface area contributed by atoms with E-state index in [-0.39, 0.29) is 24.1 Å². The first-order valence-electron chi connectivity index (χ1n) is 10.4. The number of phenols is 1. The molecule has 1 unspecified atom stereocenters. The Morgan fingerprint density at radius 3 is 2.53 bits per heavy atom. The summed E-state index contributed by atoms with van der Waals surface area (Å²) in [6.45, 7) is 6.35. The number of carbonyl (C=O) groups excluding carboxylic acids is 1. The van der Waals surface area contributed by atoms with Gasteiger partial charge >= 0.3 is 0 Å². The molecule has 158 valence electrons. The summed E-state index contributed by atoms with van der Waals surface area (Å²) in [6, 6.07) is 10.5. The third-order valence-electron chi connectivity index (χ3n) is 5.38. The molecule has 2 aromatic carbocycles. The predicted octanol–water partition coefficient (Wildman–Crippen LogP) is 6.34. The van der Waals surface area contributed by atoms with E-state index in [1.807, 2.05) is 6.07 Å². The van der Waals surface area contributed by atoms with Crippen LogP contribution in [0.3, 0.4) is 0 Å². The number of benzene rings is 2. The number of phenolic OH excluding ortho intramolecular Hbond substituents is 1. The zero-order valence-corrected chi connectivity index (χ0v) is 18.2. The molecule has 1 N–H and O–H groups in total. The molecule has 0 saturated heterocycles. The second-order valence-electron chi connectivity index (χ2n) is 8.02. The molecule has 4 nitrogen and oxygen atoms in total. The van der Waals surface area contributed by atoms with Crippen LogP contribution in [-0.2, 0) is 6.42 Å². The van der Waals surface area contributed by atoms with Crippen molar-refractivity contribution in [3.8, 4) is 17.2 Å². The first-order valence-corrected chi connectivity index (χ1v) is 10.4. The van der Waals surface area contributed by atoms with E-state index in [0.717, 1.165) is 29.7 Å². The van der Waals surface area contributed by atoms with E-state index < -0.39 is 0 Å². The number of ether oxygens (including phenoxy) is 2. The molecule has 0 aromatic heterocycles. The van der Waals surface area contributed by atoms with E-state index in [1.165, 1.54) is 11.1 Å². The van der Waals surface area contributed by atoms with Crippen molar-refractivity contribution in [2.24, 2.45) is 0 Å². The minimum Gasteiger partial charge on any atom is -0.508 e. The maximum absolute atomic E-state index is 12.8. The normalized spacial score (nSPS) is 15.9. The van der Waals surface area contributed by atoms with Gasteiger partial charge in [-0.1, -0.05) is 35.4 Å². The molecular weight excluding hydrogens is 376 g/mol. The lowest BCUT2D eigenvalue weighted by molar-refractivity contribution is 0.0847. The second kappa shape index (κ2) is 9.66. The van der Waals surface area contributed by atoms with Crippen LogP contribution in [0.4, 0.5) is 0 Å². The molecule has 0 amide bonds. The fourth-order valence-electron chi connectivity index (χ4n) is 3.65. The molecule has 30 heavy (non-hydrogen) atoms. The Hall–Kier alpha value is -3.01. The molecule has 0 radical (unpaired) electrons. The first kappa shape index (κ1) is 21.7. The highest BCUT2D eigenvalue weighted by molar-refractivity contribution is 6.00. The fraction of sp³-hybridized carbons (Fsp3) is 0.346. The van der Waals surface area contributed by atoms with E-state index in [1.54, 1.807) is 37.4 Å². The van der Waals surface area contributed by atoms with E-state index >= 15 is 0 Å². The van der Waals surface area contributed by atoms with Crippen LogP contribution in [0.25, 0.3) is 0 Å². The molecule has 1 aliphatic rings. The van der Waals surface area contributed by atoms with Crippen LogP contribution >= 0.6 is 0 Å². The highest BCUT2D eigenvalue weighted by Gasteiger charge is 2.30. The van der Waals surface area contributed by atoms with Crippen molar-refractivity contribution >= 4 is 5.78 Å². The number of hydrogen-bond acceptors (Lipinski definition) is 4. The van der Waals surface area contributed by atoms with Crippen LogP contribution < -0.4 is 9.47 Å². The number of ketones is 1. The maximum Gasteiger partial charge on any atom is 0.170 e. The predicted molar refractivity (Wildman–Crippen MR) is 120 cm³/mol. The van der Waals surface area contributed by atoms with Gasteiger partial charge in [0, 0.05) is 5.56 Å². The monoisotopic (exact) mass is 406 g/mol. The van der Waals surface area contributed by atoms with Crippen molar-refractivity contribution in [2.45, 2.75) is 52.6 Å². The van der Waals surface area contributed by atoms with Gasteiger partial charge in [0.15, 0.2) is 5.78 Å². The van der Waals surface area contributed by atoms with Crippen molar-refractivity contribution in [2.75, 3.05) is 7.11 Å². The molecule has 2 aromatic rings. The number of Topliss-reactive ketones (excluding diaryl/α,β-unsaturated/α-hetero) is 1. The number of aromatic hydroxyl groups is 1. The van der Waals surface area contributed by atoms with Crippen LogP contribution in [-0.4, -0.2) is 18.0 Å². The van der Waals surface area contributed by atoms with Crippen molar-refractivity contribution in [1.82, 2.24) is 0 Å². The smallest absolute Gasteiger partial charge is 0.170 e. The topological polar surface area (TPSA) is 55.8 Å². The highest BCUT2D eigenvalue weighted by atomic mass is 16.5. The highest BCUT2D eigenvalue weighted by Crippen LogP contribution is 2.41. The Labute approximate surface area is 178 Å². The van der Waals surface area contributed by atoms with Gasteiger partial charge in [0.2, 0.25) is 0 Å². The largest absolute Gasteiger partial charge is 0.508 e. The lowest BCUT2D eigenvalue weighted by Gasteiger charge is -2.28. The lowest BCUT2D eigenvalue weighted by Crippen LogP contribution is -2.21. The van der Waals surface area contributed by atoms with Crippen molar-refractivity contribution < 1.29 is 19.4 Å². The molecule has 1 aliphatic heterocycles. The minimum absolute atomic E-state index is 0.0579. The number of fused-ring (bicyclic) bond motifs is 1. The summed E-state index contributed by atoms with van der Waals surface area (Å²) in [4.78, 5) is 12.8. The van der Waals surface area contributed by atoms with Gasteiger partial charge in [-0.05, 0) is 69.9 Å².